The summed E-state index contributed by atoms with van der Waals surface area (Å²) in [6, 6.07) is 49.3. The van der Waals surface area contributed by atoms with Gasteiger partial charge >= 0.3 is 17.9 Å². The molecule has 6 aromatic rings. The molecule has 270 valence electrons. The lowest BCUT2D eigenvalue weighted by Crippen LogP contribution is -2.46. The number of esters is 3. The Hall–Kier alpha value is -6.84. The first kappa shape index (κ1) is 36.9. The molecule has 0 aliphatic carbocycles. The van der Waals surface area contributed by atoms with Crippen molar-refractivity contribution in [2.45, 2.75) is 18.3 Å². The van der Waals surface area contributed by atoms with E-state index in [4.69, 9.17) is 19.0 Å². The number of carbonyl (C=O) groups excluding carboxylic acids is 3. The number of carbonyl (C=O) groups is 3. The van der Waals surface area contributed by atoms with Crippen LogP contribution in [0, 0.1) is 0 Å². The van der Waals surface area contributed by atoms with E-state index in [1.54, 1.807) is 72.8 Å². The van der Waals surface area contributed by atoms with Crippen molar-refractivity contribution in [2.24, 2.45) is 5.16 Å². The fourth-order valence-electron chi connectivity index (χ4n) is 5.68. The lowest BCUT2D eigenvalue weighted by Gasteiger charge is -2.28. The van der Waals surface area contributed by atoms with Gasteiger partial charge in [-0.05, 0) is 69.8 Å². The standard InChI is InChI=1S/C45H37NO8/c1-51-46-29-41(53-44(49)38-25-19-35(20-26-38)32-13-7-3-8-14-32)42(54-45(50)39-27-21-36(22-28-39)33-15-9-4-10-16-33)40(47)30-52-43(48)37-23-17-34(18-24-37)31-11-5-2-6-12-31/h2-29,40-42,47H,30H2,1H3/b46-29+/t40-,41+,42-/m0/s1. The molecule has 0 aromatic heterocycles. The first-order valence-electron chi connectivity index (χ1n) is 17.2. The maximum absolute atomic E-state index is 13.6. The summed E-state index contributed by atoms with van der Waals surface area (Å²) < 4.78 is 17.1. The van der Waals surface area contributed by atoms with Gasteiger partial charge in [0, 0.05) is 0 Å². The minimum atomic E-state index is -1.66. The minimum absolute atomic E-state index is 0.174. The van der Waals surface area contributed by atoms with Crippen LogP contribution in [0.2, 0.25) is 0 Å². The van der Waals surface area contributed by atoms with Gasteiger partial charge in [0.25, 0.3) is 0 Å². The van der Waals surface area contributed by atoms with E-state index in [-0.39, 0.29) is 16.7 Å². The largest absolute Gasteiger partial charge is 0.459 e. The molecule has 6 rings (SSSR count). The molecule has 54 heavy (non-hydrogen) atoms. The summed E-state index contributed by atoms with van der Waals surface area (Å²) in [5.74, 6) is -2.31. The van der Waals surface area contributed by atoms with E-state index in [0.29, 0.717) is 0 Å². The van der Waals surface area contributed by atoms with E-state index < -0.39 is 42.8 Å². The highest BCUT2D eigenvalue weighted by molar-refractivity contribution is 5.93. The Morgan fingerprint density at radius 2 is 0.870 bits per heavy atom. The maximum Gasteiger partial charge on any atom is 0.338 e. The average Bonchev–Trinajstić information content (AvgIpc) is 3.24. The second-order valence-electron chi connectivity index (χ2n) is 12.2. The number of aliphatic hydroxyl groups is 1. The Balaban J connectivity index is 1.21. The van der Waals surface area contributed by atoms with Crippen molar-refractivity contribution < 1.29 is 38.5 Å². The summed E-state index contributed by atoms with van der Waals surface area (Å²) in [5.41, 5.74) is 6.21. The molecule has 0 spiro atoms. The monoisotopic (exact) mass is 719 g/mol. The Morgan fingerprint density at radius 1 is 0.519 bits per heavy atom. The van der Waals surface area contributed by atoms with E-state index in [0.717, 1.165) is 39.6 Å². The number of ether oxygens (including phenoxy) is 3. The topological polar surface area (TPSA) is 121 Å². The number of hydrogen-bond donors (Lipinski definition) is 1. The van der Waals surface area contributed by atoms with Gasteiger partial charge in [-0.15, -0.1) is 0 Å². The van der Waals surface area contributed by atoms with Crippen LogP contribution in [0.25, 0.3) is 33.4 Å². The molecule has 0 fully saturated rings. The summed E-state index contributed by atoms with van der Waals surface area (Å²) in [4.78, 5) is 45.0. The van der Waals surface area contributed by atoms with Crippen LogP contribution < -0.4 is 0 Å². The van der Waals surface area contributed by atoms with Gasteiger partial charge in [0.05, 0.1) is 22.9 Å². The molecular formula is C45H37NO8. The van der Waals surface area contributed by atoms with E-state index in [2.05, 4.69) is 5.16 Å². The molecule has 0 unspecified atom stereocenters. The number of aliphatic hydroxyl groups excluding tert-OH is 1. The highest BCUT2D eigenvalue weighted by Gasteiger charge is 2.36. The van der Waals surface area contributed by atoms with Crippen LogP contribution in [-0.4, -0.2) is 61.3 Å². The predicted octanol–water partition coefficient (Wildman–Crippen LogP) is 8.29. The molecule has 6 aromatic carbocycles. The number of benzene rings is 6. The summed E-state index contributed by atoms with van der Waals surface area (Å²) in [6.07, 6.45) is -3.60. The molecule has 9 nitrogen and oxygen atoms in total. The average molecular weight is 720 g/mol. The summed E-state index contributed by atoms with van der Waals surface area (Å²) in [7, 11) is 1.29. The molecule has 0 heterocycles. The van der Waals surface area contributed by atoms with Crippen molar-refractivity contribution in [1.29, 1.82) is 0 Å². The Bertz CT molecular complexity index is 2150. The molecule has 0 saturated carbocycles. The van der Waals surface area contributed by atoms with Gasteiger partial charge in [-0.3, -0.25) is 0 Å². The molecule has 0 aliphatic rings. The lowest BCUT2D eigenvalue weighted by molar-refractivity contribution is -0.0784. The van der Waals surface area contributed by atoms with Crippen LogP contribution in [0.15, 0.2) is 169 Å². The van der Waals surface area contributed by atoms with Crippen molar-refractivity contribution in [3.8, 4) is 33.4 Å². The van der Waals surface area contributed by atoms with Crippen LogP contribution in [0.4, 0.5) is 0 Å². The van der Waals surface area contributed by atoms with Crippen molar-refractivity contribution in [3.05, 3.63) is 180 Å². The van der Waals surface area contributed by atoms with Crippen LogP contribution in [0.1, 0.15) is 31.1 Å². The zero-order valence-electron chi connectivity index (χ0n) is 29.4. The van der Waals surface area contributed by atoms with Gasteiger partial charge < -0.3 is 24.2 Å². The van der Waals surface area contributed by atoms with Crippen LogP contribution in [-0.2, 0) is 19.0 Å². The predicted molar refractivity (Wildman–Crippen MR) is 206 cm³/mol. The van der Waals surface area contributed by atoms with Gasteiger partial charge in [-0.1, -0.05) is 133 Å². The van der Waals surface area contributed by atoms with Crippen LogP contribution in [0.3, 0.4) is 0 Å². The molecule has 0 bridgehead atoms. The van der Waals surface area contributed by atoms with E-state index in [1.807, 2.05) is 91.0 Å². The molecule has 0 radical (unpaired) electrons. The van der Waals surface area contributed by atoms with Crippen molar-refractivity contribution in [2.75, 3.05) is 13.7 Å². The number of nitrogens with zero attached hydrogens (tertiary/aromatic N) is 1. The number of hydrogen-bond acceptors (Lipinski definition) is 9. The quantitative estimate of drug-likeness (QED) is 0.0517. The second-order valence-corrected chi connectivity index (χ2v) is 12.2. The molecular weight excluding hydrogens is 682 g/mol. The Labute approximate surface area is 313 Å². The third kappa shape index (κ3) is 9.52. The summed E-state index contributed by atoms with van der Waals surface area (Å²) >= 11 is 0. The molecule has 0 amide bonds. The number of oxime groups is 1. The Kier molecular flexibility index (Phi) is 12.4. The van der Waals surface area contributed by atoms with Crippen molar-refractivity contribution in [3.63, 3.8) is 0 Å². The van der Waals surface area contributed by atoms with E-state index in [1.165, 1.54) is 7.11 Å². The molecule has 1 N–H and O–H groups in total. The van der Waals surface area contributed by atoms with Crippen molar-refractivity contribution in [1.82, 2.24) is 0 Å². The molecule has 9 heteroatoms. The van der Waals surface area contributed by atoms with Gasteiger partial charge in [0.2, 0.25) is 0 Å². The summed E-state index contributed by atoms with van der Waals surface area (Å²) in [6.45, 7) is -0.606. The second kappa shape index (κ2) is 18.1. The summed E-state index contributed by atoms with van der Waals surface area (Å²) in [5, 5.41) is 15.2. The minimum Gasteiger partial charge on any atom is -0.459 e. The first-order chi connectivity index (χ1) is 26.4. The van der Waals surface area contributed by atoms with E-state index >= 15 is 0 Å². The maximum atomic E-state index is 13.6. The van der Waals surface area contributed by atoms with Gasteiger partial charge in [-0.25, -0.2) is 14.4 Å². The van der Waals surface area contributed by atoms with Crippen LogP contribution >= 0.6 is 0 Å². The van der Waals surface area contributed by atoms with Gasteiger partial charge in [0.1, 0.15) is 19.8 Å². The Morgan fingerprint density at radius 3 is 1.26 bits per heavy atom. The number of rotatable bonds is 14. The smallest absolute Gasteiger partial charge is 0.338 e. The van der Waals surface area contributed by atoms with E-state index in [9.17, 15) is 19.5 Å². The van der Waals surface area contributed by atoms with Crippen LogP contribution in [0.5, 0.6) is 0 Å². The SMILES string of the molecule is CO/N=C/[C@@H](OC(=O)c1ccc(-c2ccccc2)cc1)[C@@H](OC(=O)c1ccc(-c2ccccc2)cc1)[C@@H](O)COC(=O)c1ccc(-c2ccccc2)cc1. The highest BCUT2D eigenvalue weighted by atomic mass is 16.6. The normalized spacial score (nSPS) is 12.6. The molecule has 0 saturated heterocycles. The fourth-order valence-corrected chi connectivity index (χ4v) is 5.68. The third-order valence-corrected chi connectivity index (χ3v) is 8.57. The zero-order chi connectivity index (χ0) is 37.7. The third-order valence-electron chi connectivity index (χ3n) is 8.57. The lowest BCUT2D eigenvalue weighted by atomic mass is 10.0. The van der Waals surface area contributed by atoms with Gasteiger partial charge in [-0.2, -0.15) is 0 Å². The molecule has 3 atom stereocenters. The molecule has 0 aliphatic heterocycles. The van der Waals surface area contributed by atoms with Crippen molar-refractivity contribution >= 4 is 24.1 Å². The fraction of sp³-hybridized carbons (Fsp3) is 0.111. The zero-order valence-corrected chi connectivity index (χ0v) is 29.4. The highest BCUT2D eigenvalue weighted by Crippen LogP contribution is 2.24. The first-order valence-corrected chi connectivity index (χ1v) is 17.2. The van der Waals surface area contributed by atoms with Gasteiger partial charge in [0.15, 0.2) is 12.2 Å².